The van der Waals surface area contributed by atoms with E-state index in [-0.39, 0.29) is 17.5 Å². The number of carbonyl (C=O) groups is 2. The predicted molar refractivity (Wildman–Crippen MR) is 95.7 cm³/mol. The first kappa shape index (κ1) is 18.1. The van der Waals surface area contributed by atoms with Gasteiger partial charge in [-0.15, -0.1) is 0 Å². The van der Waals surface area contributed by atoms with Gasteiger partial charge in [0.25, 0.3) is 11.8 Å². The molecule has 2 aromatic rings. The standard InChI is InChI=1S/C18H18BrFN2O2/c1-3-11(2)21-18(24)14-6-4-5-7-16(14)22-17(23)13-9-8-12(19)10-15(13)20/h4-11H,3H2,1-2H3,(H,21,24)(H,22,23). The van der Waals surface area contributed by atoms with Gasteiger partial charge in [0.15, 0.2) is 0 Å². The maximum Gasteiger partial charge on any atom is 0.258 e. The van der Waals surface area contributed by atoms with Crippen LogP contribution in [0.4, 0.5) is 10.1 Å². The largest absolute Gasteiger partial charge is 0.350 e. The number of para-hydroxylation sites is 1. The third kappa shape index (κ3) is 4.41. The van der Waals surface area contributed by atoms with Crippen molar-refractivity contribution < 1.29 is 14.0 Å². The molecule has 0 aliphatic heterocycles. The Bertz CT molecular complexity index is 764. The molecule has 2 amide bonds. The van der Waals surface area contributed by atoms with Crippen LogP contribution in [0.1, 0.15) is 41.0 Å². The molecule has 0 heterocycles. The minimum atomic E-state index is -0.636. The Kier molecular flexibility index (Phi) is 6.09. The van der Waals surface area contributed by atoms with Gasteiger partial charge in [0, 0.05) is 10.5 Å². The fraction of sp³-hybridized carbons (Fsp3) is 0.222. The minimum Gasteiger partial charge on any atom is -0.350 e. The van der Waals surface area contributed by atoms with Crippen molar-refractivity contribution in [1.29, 1.82) is 0 Å². The molecular formula is C18H18BrFN2O2. The highest BCUT2D eigenvalue weighted by Gasteiger charge is 2.17. The number of carbonyl (C=O) groups excluding carboxylic acids is 2. The summed E-state index contributed by atoms with van der Waals surface area (Å²) >= 11 is 3.15. The summed E-state index contributed by atoms with van der Waals surface area (Å²) in [6, 6.07) is 10.8. The number of hydrogen-bond acceptors (Lipinski definition) is 2. The van der Waals surface area contributed by atoms with E-state index >= 15 is 0 Å². The van der Waals surface area contributed by atoms with Crippen LogP contribution in [0.15, 0.2) is 46.9 Å². The summed E-state index contributed by atoms with van der Waals surface area (Å²) in [6.07, 6.45) is 0.796. The van der Waals surface area contributed by atoms with Crippen molar-refractivity contribution in [3.63, 3.8) is 0 Å². The molecule has 0 saturated heterocycles. The molecule has 0 fully saturated rings. The highest BCUT2D eigenvalue weighted by atomic mass is 79.9. The van der Waals surface area contributed by atoms with Gasteiger partial charge in [-0.3, -0.25) is 9.59 Å². The Morgan fingerprint density at radius 3 is 2.50 bits per heavy atom. The zero-order valence-corrected chi connectivity index (χ0v) is 15.0. The van der Waals surface area contributed by atoms with Gasteiger partial charge in [0.05, 0.1) is 16.8 Å². The van der Waals surface area contributed by atoms with Crippen molar-refractivity contribution in [1.82, 2.24) is 5.32 Å². The van der Waals surface area contributed by atoms with E-state index < -0.39 is 11.7 Å². The average molecular weight is 393 g/mol. The van der Waals surface area contributed by atoms with E-state index in [1.54, 1.807) is 30.3 Å². The fourth-order valence-electron chi connectivity index (χ4n) is 2.06. The molecule has 1 atom stereocenters. The van der Waals surface area contributed by atoms with E-state index in [2.05, 4.69) is 26.6 Å². The van der Waals surface area contributed by atoms with Crippen LogP contribution in [0, 0.1) is 5.82 Å². The van der Waals surface area contributed by atoms with Crippen LogP contribution >= 0.6 is 15.9 Å². The second-order valence-electron chi connectivity index (χ2n) is 5.41. The molecule has 2 aromatic carbocycles. The Morgan fingerprint density at radius 2 is 1.83 bits per heavy atom. The van der Waals surface area contributed by atoms with Crippen molar-refractivity contribution >= 4 is 33.4 Å². The van der Waals surface area contributed by atoms with E-state index in [0.717, 1.165) is 6.42 Å². The van der Waals surface area contributed by atoms with Gasteiger partial charge in [-0.25, -0.2) is 4.39 Å². The molecule has 0 spiro atoms. The van der Waals surface area contributed by atoms with Crippen LogP contribution in [0.25, 0.3) is 0 Å². The van der Waals surface area contributed by atoms with Gasteiger partial charge in [0.1, 0.15) is 5.82 Å². The summed E-state index contributed by atoms with van der Waals surface area (Å²) in [6.45, 7) is 3.87. The summed E-state index contributed by atoms with van der Waals surface area (Å²) in [7, 11) is 0. The highest BCUT2D eigenvalue weighted by molar-refractivity contribution is 9.10. The number of amides is 2. The molecule has 4 nitrogen and oxygen atoms in total. The summed E-state index contributed by atoms with van der Waals surface area (Å²) in [5.74, 6) is -1.52. The average Bonchev–Trinajstić information content (AvgIpc) is 2.54. The Hall–Kier alpha value is -2.21. The molecule has 1 unspecified atom stereocenters. The molecule has 6 heteroatoms. The number of benzene rings is 2. The Morgan fingerprint density at radius 1 is 1.12 bits per heavy atom. The quantitative estimate of drug-likeness (QED) is 0.793. The third-order valence-corrected chi connectivity index (χ3v) is 4.08. The normalized spacial score (nSPS) is 11.7. The lowest BCUT2D eigenvalue weighted by Gasteiger charge is -2.15. The zero-order chi connectivity index (χ0) is 17.7. The lowest BCUT2D eigenvalue weighted by molar-refractivity contribution is 0.0940. The second-order valence-corrected chi connectivity index (χ2v) is 6.32. The SMILES string of the molecule is CCC(C)NC(=O)c1ccccc1NC(=O)c1ccc(Br)cc1F. The molecule has 2 rings (SSSR count). The molecule has 0 saturated carbocycles. The molecule has 0 radical (unpaired) electrons. The minimum absolute atomic E-state index is 0.0187. The Labute approximate surface area is 148 Å². The van der Waals surface area contributed by atoms with Gasteiger partial charge in [-0.2, -0.15) is 0 Å². The molecule has 0 aliphatic rings. The van der Waals surface area contributed by atoms with E-state index in [1.165, 1.54) is 12.1 Å². The lowest BCUT2D eigenvalue weighted by atomic mass is 10.1. The third-order valence-electron chi connectivity index (χ3n) is 3.59. The van der Waals surface area contributed by atoms with Crippen LogP contribution in [0.3, 0.4) is 0 Å². The van der Waals surface area contributed by atoms with E-state index in [9.17, 15) is 14.0 Å². The molecule has 24 heavy (non-hydrogen) atoms. The lowest BCUT2D eigenvalue weighted by Crippen LogP contribution is -2.32. The number of hydrogen-bond donors (Lipinski definition) is 2. The van der Waals surface area contributed by atoms with Gasteiger partial charge < -0.3 is 10.6 Å². The van der Waals surface area contributed by atoms with E-state index in [4.69, 9.17) is 0 Å². The maximum atomic E-state index is 13.9. The molecule has 126 valence electrons. The zero-order valence-electron chi connectivity index (χ0n) is 13.4. The monoisotopic (exact) mass is 392 g/mol. The van der Waals surface area contributed by atoms with Crippen LogP contribution in [0.5, 0.6) is 0 Å². The molecular weight excluding hydrogens is 375 g/mol. The van der Waals surface area contributed by atoms with Gasteiger partial charge in [-0.1, -0.05) is 35.0 Å². The van der Waals surface area contributed by atoms with E-state index in [0.29, 0.717) is 15.7 Å². The number of rotatable bonds is 5. The molecule has 0 aromatic heterocycles. The van der Waals surface area contributed by atoms with E-state index in [1.807, 2.05) is 13.8 Å². The molecule has 0 aliphatic carbocycles. The van der Waals surface area contributed by atoms with Crippen molar-refractivity contribution in [2.75, 3.05) is 5.32 Å². The number of anilines is 1. The molecule has 0 bridgehead atoms. The summed E-state index contributed by atoms with van der Waals surface area (Å²) in [5, 5.41) is 5.45. The van der Waals surface area contributed by atoms with Gasteiger partial charge in [-0.05, 0) is 43.7 Å². The Balaban J connectivity index is 2.23. The first-order valence-corrected chi connectivity index (χ1v) is 8.38. The van der Waals surface area contributed by atoms with Gasteiger partial charge >= 0.3 is 0 Å². The fourth-order valence-corrected chi connectivity index (χ4v) is 2.39. The first-order valence-electron chi connectivity index (χ1n) is 7.58. The van der Waals surface area contributed by atoms with Crippen LogP contribution < -0.4 is 10.6 Å². The molecule has 2 N–H and O–H groups in total. The van der Waals surface area contributed by atoms with Crippen LogP contribution in [-0.4, -0.2) is 17.9 Å². The van der Waals surface area contributed by atoms with Crippen LogP contribution in [-0.2, 0) is 0 Å². The van der Waals surface area contributed by atoms with Gasteiger partial charge in [0.2, 0.25) is 0 Å². The summed E-state index contributed by atoms with van der Waals surface area (Å²) in [4.78, 5) is 24.6. The second kappa shape index (κ2) is 8.06. The van der Waals surface area contributed by atoms with Crippen molar-refractivity contribution in [3.8, 4) is 0 Å². The van der Waals surface area contributed by atoms with Crippen molar-refractivity contribution in [2.24, 2.45) is 0 Å². The number of nitrogens with one attached hydrogen (secondary N) is 2. The predicted octanol–water partition coefficient (Wildman–Crippen LogP) is 4.37. The van der Waals surface area contributed by atoms with Crippen LogP contribution in [0.2, 0.25) is 0 Å². The highest BCUT2D eigenvalue weighted by Crippen LogP contribution is 2.19. The number of halogens is 2. The van der Waals surface area contributed by atoms with Crippen molar-refractivity contribution in [2.45, 2.75) is 26.3 Å². The maximum absolute atomic E-state index is 13.9. The first-order chi connectivity index (χ1) is 11.4. The summed E-state index contributed by atoms with van der Waals surface area (Å²) in [5.41, 5.74) is 0.588. The van der Waals surface area contributed by atoms with Crippen molar-refractivity contribution in [3.05, 3.63) is 63.9 Å². The smallest absolute Gasteiger partial charge is 0.258 e. The topological polar surface area (TPSA) is 58.2 Å². The summed E-state index contributed by atoms with van der Waals surface area (Å²) < 4.78 is 14.5.